The topological polar surface area (TPSA) is 102 Å². The summed E-state index contributed by atoms with van der Waals surface area (Å²) in [7, 11) is -1.99. The summed E-state index contributed by atoms with van der Waals surface area (Å²) in [6, 6.07) is 2.63. The van der Waals surface area contributed by atoms with Gasteiger partial charge in [0.2, 0.25) is 10.0 Å². The fourth-order valence-electron chi connectivity index (χ4n) is 3.06. The largest absolute Gasteiger partial charge is 0.381 e. The van der Waals surface area contributed by atoms with Gasteiger partial charge in [-0.3, -0.25) is 10.2 Å². The Kier molecular flexibility index (Phi) is 6.89. The molecule has 3 rings (SSSR count). The number of hydrazine groups is 1. The second kappa shape index (κ2) is 9.21. The van der Waals surface area contributed by atoms with Crippen LogP contribution in [0.5, 0.6) is 0 Å². The second-order valence-electron chi connectivity index (χ2n) is 6.96. The van der Waals surface area contributed by atoms with Crippen LogP contribution in [0.4, 0.5) is 4.39 Å². The first-order chi connectivity index (χ1) is 13.7. The number of halogens is 2. The molecular weight excluding hydrogens is 423 g/mol. The first kappa shape index (κ1) is 21.7. The third kappa shape index (κ3) is 5.75. The van der Waals surface area contributed by atoms with Crippen molar-refractivity contribution in [1.82, 2.24) is 19.8 Å². The summed E-state index contributed by atoms with van der Waals surface area (Å²) in [6.45, 7) is 1.25. The van der Waals surface area contributed by atoms with Crippen LogP contribution >= 0.6 is 11.6 Å². The Balaban J connectivity index is 1.66. The molecule has 1 saturated heterocycles. The van der Waals surface area contributed by atoms with Crippen molar-refractivity contribution in [3.05, 3.63) is 41.1 Å². The molecule has 1 fully saturated rings. The third-order valence-corrected chi connectivity index (χ3v) is 6.19. The van der Waals surface area contributed by atoms with Gasteiger partial charge in [0.05, 0.1) is 28.4 Å². The predicted octanol–water partition coefficient (Wildman–Crippen LogP) is 2.26. The van der Waals surface area contributed by atoms with Crippen LogP contribution in [0.15, 0.2) is 24.7 Å². The molecule has 0 atom stereocenters. The average Bonchev–Trinajstić information content (AvgIpc) is 3.14. The van der Waals surface area contributed by atoms with Crippen LogP contribution in [-0.2, 0) is 21.8 Å². The van der Waals surface area contributed by atoms with E-state index in [1.54, 1.807) is 24.1 Å². The van der Waals surface area contributed by atoms with Crippen molar-refractivity contribution in [3.63, 3.8) is 0 Å². The maximum atomic E-state index is 14.4. The van der Waals surface area contributed by atoms with E-state index in [0.717, 1.165) is 12.8 Å². The molecule has 0 bridgehead atoms. The van der Waals surface area contributed by atoms with Gasteiger partial charge in [-0.25, -0.2) is 17.8 Å². The minimum atomic E-state index is -3.76. The van der Waals surface area contributed by atoms with Gasteiger partial charge in [-0.15, -0.1) is 4.83 Å². The highest BCUT2D eigenvalue weighted by Gasteiger charge is 2.21. The van der Waals surface area contributed by atoms with E-state index in [-0.39, 0.29) is 22.3 Å². The van der Waals surface area contributed by atoms with Crippen molar-refractivity contribution in [2.45, 2.75) is 19.3 Å². The molecule has 0 aliphatic carbocycles. The van der Waals surface area contributed by atoms with E-state index in [9.17, 15) is 17.6 Å². The molecule has 0 saturated carbocycles. The maximum Gasteiger partial charge on any atom is 0.269 e. The molecule has 158 valence electrons. The molecule has 0 spiro atoms. The fourth-order valence-corrected chi connectivity index (χ4v) is 4.28. The molecule has 1 aromatic heterocycles. The normalized spacial score (nSPS) is 15.4. The number of rotatable bonds is 7. The van der Waals surface area contributed by atoms with Gasteiger partial charge in [0.1, 0.15) is 0 Å². The van der Waals surface area contributed by atoms with Crippen molar-refractivity contribution in [2.24, 2.45) is 13.0 Å². The molecule has 1 amide bonds. The van der Waals surface area contributed by atoms with E-state index < -0.39 is 21.7 Å². The lowest BCUT2D eigenvalue weighted by Crippen LogP contribution is -2.43. The van der Waals surface area contributed by atoms with Crippen LogP contribution < -0.4 is 10.3 Å². The number of amides is 1. The van der Waals surface area contributed by atoms with Gasteiger partial charge in [0.15, 0.2) is 5.82 Å². The summed E-state index contributed by atoms with van der Waals surface area (Å²) < 4.78 is 45.6. The minimum absolute atomic E-state index is 0.144. The van der Waals surface area contributed by atoms with E-state index in [0.29, 0.717) is 30.9 Å². The zero-order chi connectivity index (χ0) is 21.0. The number of nitrogens with one attached hydrogen (secondary N) is 2. The molecule has 0 unspecified atom stereocenters. The van der Waals surface area contributed by atoms with Crippen LogP contribution in [0.3, 0.4) is 0 Å². The van der Waals surface area contributed by atoms with E-state index in [4.69, 9.17) is 16.3 Å². The molecule has 8 nitrogen and oxygen atoms in total. The SMILES string of the molecule is Cn1cnc(-c2cc(Cl)c(F)c(C(=O)NNS(=O)(=O)CCC3CCOCC3)c2)c1. The van der Waals surface area contributed by atoms with Crippen molar-refractivity contribution in [3.8, 4) is 11.3 Å². The molecule has 2 heterocycles. The summed E-state index contributed by atoms with van der Waals surface area (Å²) in [5, 5.41) is -0.263. The lowest BCUT2D eigenvalue weighted by molar-refractivity contribution is 0.0655. The zero-order valence-corrected chi connectivity index (χ0v) is 17.4. The predicted molar refractivity (Wildman–Crippen MR) is 106 cm³/mol. The summed E-state index contributed by atoms with van der Waals surface area (Å²) in [4.78, 5) is 18.5. The highest BCUT2D eigenvalue weighted by molar-refractivity contribution is 7.89. The lowest BCUT2D eigenvalue weighted by Gasteiger charge is -2.21. The molecular formula is C18H22ClFN4O4S. The van der Waals surface area contributed by atoms with E-state index in [2.05, 4.69) is 10.4 Å². The van der Waals surface area contributed by atoms with Crippen molar-refractivity contribution in [2.75, 3.05) is 19.0 Å². The van der Waals surface area contributed by atoms with Crippen LogP contribution in [0.25, 0.3) is 11.3 Å². The number of benzene rings is 1. The van der Waals surface area contributed by atoms with Crippen LogP contribution in [-0.4, -0.2) is 42.8 Å². The molecule has 2 aromatic rings. The van der Waals surface area contributed by atoms with Gasteiger partial charge in [-0.05, 0) is 37.3 Å². The van der Waals surface area contributed by atoms with E-state index in [1.807, 2.05) is 4.83 Å². The summed E-state index contributed by atoms with van der Waals surface area (Å²) in [5.41, 5.74) is 2.60. The molecule has 1 aromatic carbocycles. The van der Waals surface area contributed by atoms with Gasteiger partial charge in [0, 0.05) is 32.0 Å². The molecule has 1 aliphatic heterocycles. The van der Waals surface area contributed by atoms with Gasteiger partial charge < -0.3 is 9.30 Å². The molecule has 1 aliphatic rings. The number of nitrogens with zero attached hydrogens (tertiary/aromatic N) is 2. The van der Waals surface area contributed by atoms with E-state index in [1.165, 1.54) is 12.1 Å². The van der Waals surface area contributed by atoms with Gasteiger partial charge in [-0.2, -0.15) is 0 Å². The van der Waals surface area contributed by atoms with Crippen LogP contribution in [0, 0.1) is 11.7 Å². The van der Waals surface area contributed by atoms with Crippen LogP contribution in [0.2, 0.25) is 5.02 Å². The maximum absolute atomic E-state index is 14.4. The fraction of sp³-hybridized carbons (Fsp3) is 0.444. The molecule has 29 heavy (non-hydrogen) atoms. The van der Waals surface area contributed by atoms with Crippen molar-refractivity contribution >= 4 is 27.5 Å². The minimum Gasteiger partial charge on any atom is -0.381 e. The quantitative estimate of drug-likeness (QED) is 0.638. The highest BCUT2D eigenvalue weighted by Crippen LogP contribution is 2.27. The zero-order valence-electron chi connectivity index (χ0n) is 15.8. The van der Waals surface area contributed by atoms with Crippen LogP contribution in [0.1, 0.15) is 29.6 Å². The average molecular weight is 445 g/mol. The Morgan fingerprint density at radius 3 is 2.76 bits per heavy atom. The first-order valence-corrected chi connectivity index (χ1v) is 11.1. The van der Waals surface area contributed by atoms with Crippen molar-refractivity contribution < 1.29 is 22.3 Å². The summed E-state index contributed by atoms with van der Waals surface area (Å²) >= 11 is 5.91. The first-order valence-electron chi connectivity index (χ1n) is 9.10. The van der Waals surface area contributed by atoms with E-state index >= 15 is 0 Å². The smallest absolute Gasteiger partial charge is 0.269 e. The monoisotopic (exact) mass is 444 g/mol. The number of aromatic nitrogens is 2. The molecule has 2 N–H and O–H groups in total. The molecule has 0 radical (unpaired) electrons. The van der Waals surface area contributed by atoms with Gasteiger partial charge in [-0.1, -0.05) is 11.6 Å². The summed E-state index contributed by atoms with van der Waals surface area (Å²) in [5.74, 6) is -1.76. The van der Waals surface area contributed by atoms with Gasteiger partial charge >= 0.3 is 0 Å². The number of carbonyl (C=O) groups excluding carboxylic acids is 1. The third-order valence-electron chi connectivity index (χ3n) is 4.73. The number of aryl methyl sites for hydroxylation is 1. The number of ether oxygens (including phenoxy) is 1. The standard InChI is InChI=1S/C18H22ClFN4O4S/c1-24-10-16(21-11-24)13-8-14(17(20)15(19)9-13)18(25)22-23-29(26,27)7-4-12-2-5-28-6-3-12/h8-12,23H,2-7H2,1H3,(H,22,25). The Bertz CT molecular complexity index is 990. The molecule has 11 heteroatoms. The number of hydrogen-bond acceptors (Lipinski definition) is 5. The number of imidazole rings is 1. The van der Waals surface area contributed by atoms with Crippen molar-refractivity contribution in [1.29, 1.82) is 0 Å². The number of hydrogen-bond donors (Lipinski definition) is 2. The lowest BCUT2D eigenvalue weighted by atomic mass is 9.98. The second-order valence-corrected chi connectivity index (χ2v) is 9.21. The Morgan fingerprint density at radius 1 is 1.38 bits per heavy atom. The number of carbonyl (C=O) groups is 1. The summed E-state index contributed by atoms with van der Waals surface area (Å²) in [6.07, 6.45) is 5.32. The Labute approximate surface area is 173 Å². The van der Waals surface area contributed by atoms with Gasteiger partial charge in [0.25, 0.3) is 5.91 Å². The highest BCUT2D eigenvalue weighted by atomic mass is 35.5. The Morgan fingerprint density at radius 2 is 2.10 bits per heavy atom. The Hall–Kier alpha value is -2.01. The number of sulfonamides is 1.